The van der Waals surface area contributed by atoms with Crippen LogP contribution in [0.3, 0.4) is 0 Å². The van der Waals surface area contributed by atoms with Crippen molar-refractivity contribution in [3.05, 3.63) is 12.2 Å². The van der Waals surface area contributed by atoms with E-state index in [1.54, 1.807) is 0 Å². The van der Waals surface area contributed by atoms with Crippen molar-refractivity contribution >= 4 is 16.4 Å². The molecule has 0 amide bonds. The van der Waals surface area contributed by atoms with Gasteiger partial charge in [0.15, 0.2) is 6.29 Å². The molecule has 4 N–H and O–H groups in total. The zero-order valence-corrected chi connectivity index (χ0v) is 37.4. The number of rotatable bonds is 41. The molecule has 13 heteroatoms. The van der Waals surface area contributed by atoms with Crippen molar-refractivity contribution in [2.45, 2.75) is 243 Å². The number of carbonyl (C=O) groups excluding carboxylic acids is 1. The molecule has 1 saturated heterocycles. The van der Waals surface area contributed by atoms with Crippen molar-refractivity contribution in [2.75, 3.05) is 26.4 Å². The van der Waals surface area contributed by atoms with Crippen LogP contribution >= 0.6 is 0 Å². The van der Waals surface area contributed by atoms with Crippen LogP contribution in [0.1, 0.15) is 206 Å². The van der Waals surface area contributed by atoms with E-state index in [0.29, 0.717) is 13.0 Å². The number of hydrogen-bond donors (Lipinski definition) is 4. The Labute approximate surface area is 353 Å². The quantitative estimate of drug-likeness (QED) is 0.0198. The number of esters is 1. The number of ether oxygens (including phenoxy) is 4. The lowest BCUT2D eigenvalue weighted by atomic mass is 9.99. The lowest BCUT2D eigenvalue weighted by Crippen LogP contribution is -2.60. The van der Waals surface area contributed by atoms with Gasteiger partial charge in [0.2, 0.25) is 0 Å². The van der Waals surface area contributed by atoms with Gasteiger partial charge in [-0.05, 0) is 38.5 Å². The first kappa shape index (κ1) is 54.9. The van der Waals surface area contributed by atoms with E-state index in [4.69, 9.17) is 23.5 Å². The molecule has 0 bridgehead atoms. The molecule has 0 radical (unpaired) electrons. The topological polar surface area (TPSA) is 178 Å². The summed E-state index contributed by atoms with van der Waals surface area (Å²) in [6, 6.07) is 0. The van der Waals surface area contributed by atoms with Gasteiger partial charge in [-0.2, -0.15) is 8.42 Å². The summed E-state index contributed by atoms with van der Waals surface area (Å²) in [4.78, 5) is 12.8. The van der Waals surface area contributed by atoms with E-state index in [2.05, 4.69) is 30.2 Å². The molecule has 1 aliphatic rings. The van der Waals surface area contributed by atoms with Crippen molar-refractivity contribution in [3.63, 3.8) is 0 Å². The molecular weight excluding hydrogens is 765 g/mol. The lowest BCUT2D eigenvalue weighted by molar-refractivity contribution is -0.301. The number of aliphatic hydroxyl groups is 3. The monoisotopic (exact) mass is 851 g/mol. The molecule has 344 valence electrons. The van der Waals surface area contributed by atoms with Crippen molar-refractivity contribution in [3.8, 4) is 0 Å². The molecule has 1 heterocycles. The highest BCUT2D eigenvalue weighted by Gasteiger charge is 2.48. The molecule has 0 aromatic carbocycles. The Hall–Kier alpha value is -1.16. The third-order valence-corrected chi connectivity index (χ3v) is 11.4. The highest BCUT2D eigenvalue weighted by atomic mass is 32.3. The number of carbonyl (C=O) groups is 1. The van der Waals surface area contributed by atoms with Gasteiger partial charge < -0.3 is 34.3 Å². The van der Waals surface area contributed by atoms with E-state index in [0.717, 1.165) is 38.5 Å². The van der Waals surface area contributed by atoms with Crippen LogP contribution in [0.2, 0.25) is 0 Å². The maximum Gasteiger partial charge on any atom is 0.397 e. The average molecular weight is 851 g/mol. The van der Waals surface area contributed by atoms with Gasteiger partial charge in [-0.1, -0.05) is 174 Å². The SMILES string of the molecule is CCCCCCCC/C=C\CCCCCCCCCCCC(=O)OC(COCCCCCCCCCCCCCC)COC1OC(CO)C(O)C(OS(=O)(=O)O)C1O. The van der Waals surface area contributed by atoms with Gasteiger partial charge in [-0.25, -0.2) is 4.18 Å². The van der Waals surface area contributed by atoms with Gasteiger partial charge in [0.1, 0.15) is 30.5 Å². The van der Waals surface area contributed by atoms with Crippen LogP contribution in [0.4, 0.5) is 0 Å². The Bertz CT molecular complexity index is 1070. The molecule has 6 atom stereocenters. The minimum absolute atomic E-state index is 0.0407. The van der Waals surface area contributed by atoms with Gasteiger partial charge >= 0.3 is 16.4 Å². The first-order chi connectivity index (χ1) is 28.1. The molecule has 0 aliphatic carbocycles. The Morgan fingerprint density at radius 2 is 1.09 bits per heavy atom. The first-order valence-electron chi connectivity index (χ1n) is 23.4. The first-order valence-corrected chi connectivity index (χ1v) is 24.8. The van der Waals surface area contributed by atoms with Crippen LogP contribution in [0, 0.1) is 0 Å². The normalized spacial score (nSPS) is 20.6. The van der Waals surface area contributed by atoms with Gasteiger partial charge in [0, 0.05) is 13.0 Å². The lowest BCUT2D eigenvalue weighted by Gasteiger charge is -2.41. The predicted octanol–water partition coefficient (Wildman–Crippen LogP) is 9.86. The summed E-state index contributed by atoms with van der Waals surface area (Å²) in [6.07, 6.45) is 31.0. The summed E-state index contributed by atoms with van der Waals surface area (Å²) in [5, 5.41) is 30.6. The van der Waals surface area contributed by atoms with Gasteiger partial charge in [0.25, 0.3) is 0 Å². The number of aliphatic hydroxyl groups excluding tert-OH is 3. The Morgan fingerprint density at radius 3 is 1.55 bits per heavy atom. The zero-order chi connectivity index (χ0) is 42.5. The molecule has 0 spiro atoms. The van der Waals surface area contributed by atoms with E-state index in [1.807, 2.05) is 0 Å². The molecule has 58 heavy (non-hydrogen) atoms. The Morgan fingerprint density at radius 1 is 0.638 bits per heavy atom. The summed E-state index contributed by atoms with van der Waals surface area (Å²) in [7, 11) is -5.06. The minimum atomic E-state index is -5.06. The van der Waals surface area contributed by atoms with Crippen LogP contribution < -0.4 is 0 Å². The molecule has 0 aromatic heterocycles. The molecular formula is C45H86O12S. The number of unbranched alkanes of at least 4 members (excludes halogenated alkanes) is 26. The molecule has 1 fully saturated rings. The maximum absolute atomic E-state index is 12.8. The van der Waals surface area contributed by atoms with Gasteiger partial charge in [0.05, 0.1) is 19.8 Å². The third-order valence-electron chi connectivity index (χ3n) is 10.9. The number of allylic oxidation sites excluding steroid dienone is 2. The van der Waals surface area contributed by atoms with E-state index < -0.39 is 59.8 Å². The predicted molar refractivity (Wildman–Crippen MR) is 230 cm³/mol. The maximum atomic E-state index is 12.8. The van der Waals surface area contributed by atoms with E-state index >= 15 is 0 Å². The second-order valence-corrected chi connectivity index (χ2v) is 17.4. The fourth-order valence-electron chi connectivity index (χ4n) is 7.32. The summed E-state index contributed by atoms with van der Waals surface area (Å²) < 4.78 is 59.0. The molecule has 12 nitrogen and oxygen atoms in total. The second-order valence-electron chi connectivity index (χ2n) is 16.4. The summed E-state index contributed by atoms with van der Waals surface area (Å²) in [5.41, 5.74) is 0. The fraction of sp³-hybridized carbons (Fsp3) is 0.933. The van der Waals surface area contributed by atoms with Crippen LogP contribution in [0.5, 0.6) is 0 Å². The number of hydrogen-bond acceptors (Lipinski definition) is 11. The highest BCUT2D eigenvalue weighted by Crippen LogP contribution is 2.26. The van der Waals surface area contributed by atoms with Crippen molar-refractivity contribution < 1.29 is 56.2 Å². The summed E-state index contributed by atoms with van der Waals surface area (Å²) >= 11 is 0. The van der Waals surface area contributed by atoms with Crippen molar-refractivity contribution in [2.24, 2.45) is 0 Å². The van der Waals surface area contributed by atoms with Crippen molar-refractivity contribution in [1.82, 2.24) is 0 Å². The van der Waals surface area contributed by atoms with Crippen LogP contribution in [-0.2, 0) is 38.3 Å². The van der Waals surface area contributed by atoms with Crippen molar-refractivity contribution in [1.29, 1.82) is 0 Å². The Kier molecular flexibility index (Phi) is 35.6. The van der Waals surface area contributed by atoms with E-state index in [1.165, 1.54) is 141 Å². The van der Waals surface area contributed by atoms with E-state index in [-0.39, 0.29) is 19.6 Å². The molecule has 1 aliphatic heterocycles. The molecule has 6 unspecified atom stereocenters. The molecule has 0 saturated carbocycles. The van der Waals surface area contributed by atoms with Gasteiger partial charge in [-0.3, -0.25) is 9.35 Å². The summed E-state index contributed by atoms with van der Waals surface area (Å²) in [5.74, 6) is -0.398. The zero-order valence-electron chi connectivity index (χ0n) is 36.6. The largest absolute Gasteiger partial charge is 0.457 e. The summed E-state index contributed by atoms with van der Waals surface area (Å²) in [6.45, 7) is 4.01. The van der Waals surface area contributed by atoms with Crippen LogP contribution in [0.15, 0.2) is 12.2 Å². The highest BCUT2D eigenvalue weighted by molar-refractivity contribution is 7.80. The van der Waals surface area contributed by atoms with Crippen LogP contribution in [0.25, 0.3) is 0 Å². The van der Waals surface area contributed by atoms with Crippen LogP contribution in [-0.4, -0.2) is 97.5 Å². The second kappa shape index (κ2) is 37.6. The fourth-order valence-corrected chi connectivity index (χ4v) is 7.82. The minimum Gasteiger partial charge on any atom is -0.457 e. The Balaban J connectivity index is 2.38. The average Bonchev–Trinajstić information content (AvgIpc) is 3.19. The standard InChI is InChI=1S/C45H86O12S/c1-3-5-7-9-11-13-15-17-18-19-20-21-22-23-24-26-28-30-32-34-41(47)55-39(37-53-35-33-31-29-27-25-16-14-12-10-8-6-4-2)38-54-45-43(49)44(57-58(50,51)52)42(48)40(36-46)56-45/h17-18,39-40,42-46,48-49H,3-16,19-38H2,1-2H3,(H,50,51,52)/b18-17-. The van der Waals surface area contributed by atoms with Gasteiger partial charge in [-0.15, -0.1) is 0 Å². The smallest absolute Gasteiger partial charge is 0.397 e. The molecule has 1 rings (SSSR count). The van der Waals surface area contributed by atoms with E-state index in [9.17, 15) is 28.5 Å². The molecule has 0 aromatic rings. The third kappa shape index (κ3) is 30.8.